The van der Waals surface area contributed by atoms with Gasteiger partial charge in [-0.1, -0.05) is 31.2 Å². The summed E-state index contributed by atoms with van der Waals surface area (Å²) >= 11 is 0. The van der Waals surface area contributed by atoms with Gasteiger partial charge in [0.1, 0.15) is 0 Å². The SMILES string of the molecule is CCC1CCCN1Cc1ccc([B-](F)(F)F)cc1. The second-order valence-electron chi connectivity index (χ2n) is 4.99. The molecule has 0 aliphatic carbocycles. The maximum atomic E-state index is 12.5. The topological polar surface area (TPSA) is 3.24 Å². The number of hydrogen-bond donors (Lipinski definition) is 0. The van der Waals surface area contributed by atoms with Gasteiger partial charge in [0.25, 0.3) is 0 Å². The molecule has 18 heavy (non-hydrogen) atoms. The Bertz CT molecular complexity index is 388. The van der Waals surface area contributed by atoms with E-state index >= 15 is 0 Å². The molecule has 1 aliphatic heterocycles. The molecule has 0 bridgehead atoms. The molecule has 0 radical (unpaired) electrons. The van der Waals surface area contributed by atoms with E-state index in [4.69, 9.17) is 0 Å². The molecule has 1 aromatic rings. The van der Waals surface area contributed by atoms with Gasteiger partial charge in [0.05, 0.1) is 0 Å². The zero-order valence-corrected chi connectivity index (χ0v) is 10.6. The highest BCUT2D eigenvalue weighted by Gasteiger charge is 2.26. The summed E-state index contributed by atoms with van der Waals surface area (Å²) in [6.45, 7) is -0.875. The van der Waals surface area contributed by atoms with Crippen LogP contribution in [0.15, 0.2) is 24.3 Å². The number of benzene rings is 1. The monoisotopic (exact) mass is 256 g/mol. The van der Waals surface area contributed by atoms with Gasteiger partial charge in [-0.3, -0.25) is 4.90 Å². The molecule has 1 nitrogen and oxygen atoms in total. The van der Waals surface area contributed by atoms with E-state index in [1.54, 1.807) is 12.1 Å². The normalized spacial score (nSPS) is 21.4. The van der Waals surface area contributed by atoms with Gasteiger partial charge in [-0.05, 0) is 31.4 Å². The molecular weight excluding hydrogens is 238 g/mol. The number of likely N-dealkylation sites (tertiary alicyclic amines) is 1. The van der Waals surface area contributed by atoms with Crippen molar-refractivity contribution in [2.45, 2.75) is 38.8 Å². The fourth-order valence-corrected chi connectivity index (χ4v) is 2.64. The van der Waals surface area contributed by atoms with Crippen molar-refractivity contribution in [1.82, 2.24) is 4.90 Å². The largest absolute Gasteiger partial charge is 0.509 e. The first-order valence-corrected chi connectivity index (χ1v) is 6.53. The number of rotatable bonds is 4. The van der Waals surface area contributed by atoms with Crippen molar-refractivity contribution in [2.75, 3.05) is 6.54 Å². The average molecular weight is 256 g/mol. The molecule has 1 aromatic carbocycles. The Kier molecular flexibility index (Phi) is 4.00. The molecular formula is C13H18BF3N-. The van der Waals surface area contributed by atoms with E-state index in [1.165, 1.54) is 25.0 Å². The van der Waals surface area contributed by atoms with Gasteiger partial charge in [-0.15, -0.1) is 5.46 Å². The third-order valence-electron chi connectivity index (χ3n) is 3.71. The summed E-state index contributed by atoms with van der Waals surface area (Å²) < 4.78 is 37.5. The zero-order chi connectivity index (χ0) is 13.2. The summed E-state index contributed by atoms with van der Waals surface area (Å²) in [5.74, 6) is 0. The van der Waals surface area contributed by atoms with Crippen LogP contribution in [-0.4, -0.2) is 24.5 Å². The molecule has 100 valence electrons. The average Bonchev–Trinajstić information content (AvgIpc) is 2.76. The van der Waals surface area contributed by atoms with Crippen LogP contribution in [0.1, 0.15) is 31.7 Å². The Balaban J connectivity index is 2.02. The first-order valence-electron chi connectivity index (χ1n) is 6.53. The molecule has 0 N–H and O–H groups in total. The van der Waals surface area contributed by atoms with Gasteiger partial charge >= 0.3 is 6.98 Å². The highest BCUT2D eigenvalue weighted by molar-refractivity contribution is 6.73. The van der Waals surface area contributed by atoms with Crippen LogP contribution in [0.5, 0.6) is 0 Å². The van der Waals surface area contributed by atoms with Crippen LogP contribution in [0.25, 0.3) is 0 Å². The Morgan fingerprint density at radius 1 is 1.22 bits per heavy atom. The molecule has 1 heterocycles. The lowest BCUT2D eigenvalue weighted by molar-refractivity contribution is 0.240. The molecule has 0 saturated carbocycles. The molecule has 5 heteroatoms. The molecule has 2 rings (SSSR count). The highest BCUT2D eigenvalue weighted by Crippen LogP contribution is 2.22. The van der Waals surface area contributed by atoms with Gasteiger partial charge < -0.3 is 12.9 Å². The number of nitrogens with zero attached hydrogens (tertiary/aromatic N) is 1. The van der Waals surface area contributed by atoms with E-state index in [9.17, 15) is 12.9 Å². The van der Waals surface area contributed by atoms with Crippen LogP contribution in [0, 0.1) is 0 Å². The van der Waals surface area contributed by atoms with Gasteiger partial charge in [0, 0.05) is 12.6 Å². The van der Waals surface area contributed by atoms with E-state index in [1.807, 2.05) is 0 Å². The Hall–Kier alpha value is -0.965. The minimum atomic E-state index is -4.87. The van der Waals surface area contributed by atoms with E-state index < -0.39 is 12.4 Å². The van der Waals surface area contributed by atoms with E-state index in [-0.39, 0.29) is 0 Å². The van der Waals surface area contributed by atoms with E-state index in [0.717, 1.165) is 25.1 Å². The van der Waals surface area contributed by atoms with E-state index in [0.29, 0.717) is 6.04 Å². The van der Waals surface area contributed by atoms with Crippen LogP contribution in [0.4, 0.5) is 12.9 Å². The molecule has 1 fully saturated rings. The molecule has 1 atom stereocenters. The van der Waals surface area contributed by atoms with Crippen molar-refractivity contribution in [3.05, 3.63) is 29.8 Å². The quantitative estimate of drug-likeness (QED) is 0.748. The minimum Gasteiger partial charge on any atom is -0.445 e. The Morgan fingerprint density at radius 3 is 2.44 bits per heavy atom. The fourth-order valence-electron chi connectivity index (χ4n) is 2.64. The Labute approximate surface area is 106 Å². The predicted molar refractivity (Wildman–Crippen MR) is 68.9 cm³/mol. The summed E-state index contributed by atoms with van der Waals surface area (Å²) in [6, 6.07) is 6.21. The second-order valence-corrected chi connectivity index (χ2v) is 4.99. The molecule has 0 spiro atoms. The van der Waals surface area contributed by atoms with Gasteiger partial charge in [-0.2, -0.15) is 0 Å². The predicted octanol–water partition coefficient (Wildman–Crippen LogP) is 3.12. The van der Waals surface area contributed by atoms with Crippen LogP contribution in [0.2, 0.25) is 0 Å². The van der Waals surface area contributed by atoms with Crippen molar-refractivity contribution in [3.8, 4) is 0 Å². The zero-order valence-electron chi connectivity index (χ0n) is 10.6. The number of halogens is 3. The lowest BCUT2D eigenvalue weighted by Gasteiger charge is -2.23. The van der Waals surface area contributed by atoms with Crippen LogP contribution in [0.3, 0.4) is 0 Å². The van der Waals surface area contributed by atoms with E-state index in [2.05, 4.69) is 11.8 Å². The summed E-state index contributed by atoms with van der Waals surface area (Å²) in [4.78, 5) is 2.37. The fraction of sp³-hybridized carbons (Fsp3) is 0.538. The molecule has 0 aromatic heterocycles. The summed E-state index contributed by atoms with van der Waals surface area (Å²) in [6.07, 6.45) is 3.52. The summed E-state index contributed by atoms with van der Waals surface area (Å²) in [7, 11) is 0. The Morgan fingerprint density at radius 2 is 1.89 bits per heavy atom. The molecule has 0 amide bonds. The first-order chi connectivity index (χ1) is 8.50. The number of hydrogen-bond acceptors (Lipinski definition) is 1. The highest BCUT2D eigenvalue weighted by atomic mass is 19.4. The van der Waals surface area contributed by atoms with Crippen LogP contribution >= 0.6 is 0 Å². The third kappa shape index (κ3) is 3.07. The maximum Gasteiger partial charge on any atom is 0.509 e. The van der Waals surface area contributed by atoms with Gasteiger partial charge in [0.15, 0.2) is 0 Å². The third-order valence-corrected chi connectivity index (χ3v) is 3.71. The molecule has 1 unspecified atom stereocenters. The molecule has 1 saturated heterocycles. The second kappa shape index (κ2) is 5.35. The molecule has 1 aliphatic rings. The van der Waals surface area contributed by atoms with Crippen LogP contribution < -0.4 is 5.46 Å². The summed E-state index contributed by atoms with van der Waals surface area (Å²) in [5.41, 5.74) is 0.464. The van der Waals surface area contributed by atoms with Gasteiger partial charge in [0.2, 0.25) is 0 Å². The maximum absolute atomic E-state index is 12.5. The van der Waals surface area contributed by atoms with Crippen molar-refractivity contribution >= 4 is 12.4 Å². The smallest absolute Gasteiger partial charge is 0.445 e. The van der Waals surface area contributed by atoms with Crippen LogP contribution in [-0.2, 0) is 6.54 Å². The van der Waals surface area contributed by atoms with Gasteiger partial charge in [-0.25, -0.2) is 0 Å². The first kappa shape index (κ1) is 13.5. The lowest BCUT2D eigenvalue weighted by Crippen LogP contribution is -2.34. The van der Waals surface area contributed by atoms with Crippen molar-refractivity contribution in [1.29, 1.82) is 0 Å². The van der Waals surface area contributed by atoms with Crippen molar-refractivity contribution < 1.29 is 12.9 Å². The van der Waals surface area contributed by atoms with Crippen molar-refractivity contribution in [3.63, 3.8) is 0 Å². The van der Waals surface area contributed by atoms with Crippen molar-refractivity contribution in [2.24, 2.45) is 0 Å². The standard InChI is InChI=1S/C13H18BF3N/c1-2-13-4-3-9-18(13)10-11-5-7-12(8-6-11)14(15,16)17/h5-8,13H,2-4,9-10H2,1H3/q-1. The lowest BCUT2D eigenvalue weighted by atomic mass is 9.80. The minimum absolute atomic E-state index is 0.507. The summed E-state index contributed by atoms with van der Waals surface area (Å²) in [5, 5.41) is 0.